The molecule has 0 fully saturated rings. The fraction of sp³-hybridized carbons (Fsp3) is 0.278. The van der Waals surface area contributed by atoms with Crippen LogP contribution in [-0.4, -0.2) is 20.7 Å². The molecular formula is C18H18N4O2. The lowest BCUT2D eigenvalue weighted by Gasteiger charge is -2.24. The summed E-state index contributed by atoms with van der Waals surface area (Å²) in [6.07, 6.45) is 1.98. The Kier molecular flexibility index (Phi) is 3.26. The number of fused-ring (bicyclic) bond motifs is 2. The smallest absolute Gasteiger partial charge is 0.270 e. The van der Waals surface area contributed by atoms with Gasteiger partial charge < -0.3 is 5.32 Å². The minimum atomic E-state index is -0.295. The van der Waals surface area contributed by atoms with Crippen LogP contribution in [0.3, 0.4) is 0 Å². The van der Waals surface area contributed by atoms with E-state index in [1.54, 1.807) is 10.9 Å². The minimum Gasteiger partial charge on any atom is -0.311 e. The molecule has 122 valence electrons. The molecular weight excluding hydrogens is 304 g/mol. The van der Waals surface area contributed by atoms with Gasteiger partial charge in [0, 0.05) is 30.0 Å². The standard InChI is InChI=1S/C18H18N4O2/c1-10(2)22-17-15(18(24)21-22)13(9-14(23)20-17)12-7-3-5-11-6-4-8-19-16(11)12/h3-8,10,13H,9H2,1-2H3,(H,20,23)(H,21,24)/t13-/m1/s1. The number of amides is 1. The molecule has 4 rings (SSSR count). The van der Waals surface area contributed by atoms with Crippen molar-refractivity contribution in [2.24, 2.45) is 0 Å². The second kappa shape index (κ2) is 5.33. The van der Waals surface area contributed by atoms with Crippen LogP contribution in [0.2, 0.25) is 0 Å². The van der Waals surface area contributed by atoms with Gasteiger partial charge in [-0.2, -0.15) is 0 Å². The summed E-state index contributed by atoms with van der Waals surface area (Å²) in [4.78, 5) is 29.3. The van der Waals surface area contributed by atoms with Gasteiger partial charge in [0.2, 0.25) is 5.91 Å². The van der Waals surface area contributed by atoms with Crippen molar-refractivity contribution in [3.63, 3.8) is 0 Å². The van der Waals surface area contributed by atoms with Gasteiger partial charge in [-0.25, -0.2) is 0 Å². The molecule has 1 aliphatic heterocycles. The van der Waals surface area contributed by atoms with Crippen LogP contribution >= 0.6 is 0 Å². The molecule has 0 saturated carbocycles. The van der Waals surface area contributed by atoms with Gasteiger partial charge in [0.15, 0.2) is 0 Å². The zero-order chi connectivity index (χ0) is 16.8. The Labute approximate surface area is 138 Å². The molecule has 0 unspecified atom stereocenters. The lowest BCUT2D eigenvalue weighted by Crippen LogP contribution is -2.27. The van der Waals surface area contributed by atoms with Gasteiger partial charge in [0.1, 0.15) is 5.82 Å². The Morgan fingerprint density at radius 3 is 2.79 bits per heavy atom. The third-order valence-electron chi connectivity index (χ3n) is 4.51. The first-order valence-corrected chi connectivity index (χ1v) is 8.04. The number of aromatic amines is 1. The van der Waals surface area contributed by atoms with E-state index in [4.69, 9.17) is 0 Å². The van der Waals surface area contributed by atoms with Gasteiger partial charge in [-0.15, -0.1) is 0 Å². The van der Waals surface area contributed by atoms with E-state index in [9.17, 15) is 9.59 Å². The Bertz CT molecular complexity index is 994. The predicted octanol–water partition coefficient (Wildman–Crippen LogP) is 2.78. The van der Waals surface area contributed by atoms with Gasteiger partial charge in [0.25, 0.3) is 5.56 Å². The van der Waals surface area contributed by atoms with Crippen molar-refractivity contribution in [1.29, 1.82) is 0 Å². The fourth-order valence-corrected chi connectivity index (χ4v) is 3.45. The van der Waals surface area contributed by atoms with Crippen LogP contribution in [0.25, 0.3) is 10.9 Å². The number of carbonyl (C=O) groups is 1. The Hall–Kier alpha value is -2.89. The van der Waals surface area contributed by atoms with Crippen LogP contribution < -0.4 is 10.9 Å². The third kappa shape index (κ3) is 2.14. The van der Waals surface area contributed by atoms with E-state index in [2.05, 4.69) is 15.4 Å². The zero-order valence-electron chi connectivity index (χ0n) is 13.5. The van der Waals surface area contributed by atoms with Gasteiger partial charge >= 0.3 is 0 Å². The molecule has 0 radical (unpaired) electrons. The molecule has 0 saturated heterocycles. The highest BCUT2D eigenvalue weighted by Crippen LogP contribution is 2.38. The lowest BCUT2D eigenvalue weighted by molar-refractivity contribution is -0.116. The van der Waals surface area contributed by atoms with Crippen molar-refractivity contribution in [2.75, 3.05) is 5.32 Å². The lowest BCUT2D eigenvalue weighted by atomic mass is 9.86. The number of pyridine rings is 1. The molecule has 6 heteroatoms. The van der Waals surface area contributed by atoms with E-state index in [0.29, 0.717) is 11.4 Å². The number of aromatic nitrogens is 3. The molecule has 6 nitrogen and oxygen atoms in total. The van der Waals surface area contributed by atoms with Crippen LogP contribution in [0, 0.1) is 0 Å². The second-order valence-electron chi connectivity index (χ2n) is 6.39. The maximum absolute atomic E-state index is 12.6. The number of anilines is 1. The number of benzene rings is 1. The molecule has 1 amide bonds. The monoisotopic (exact) mass is 322 g/mol. The van der Waals surface area contributed by atoms with Crippen molar-refractivity contribution in [1.82, 2.24) is 14.8 Å². The largest absolute Gasteiger partial charge is 0.311 e. The fourth-order valence-electron chi connectivity index (χ4n) is 3.45. The SMILES string of the molecule is CC(C)n1[nH]c(=O)c2c1NC(=O)C[C@@H]2c1cccc2cccnc12. The number of nitrogens with zero attached hydrogens (tertiary/aromatic N) is 2. The molecule has 0 bridgehead atoms. The molecule has 24 heavy (non-hydrogen) atoms. The summed E-state index contributed by atoms with van der Waals surface area (Å²) in [5.74, 6) is 0.189. The quantitative estimate of drug-likeness (QED) is 0.761. The number of hydrogen-bond donors (Lipinski definition) is 2. The number of para-hydroxylation sites is 1. The van der Waals surface area contributed by atoms with Crippen LogP contribution in [0.4, 0.5) is 5.82 Å². The molecule has 2 aromatic heterocycles. The van der Waals surface area contributed by atoms with Crippen molar-refractivity contribution in [3.05, 3.63) is 58.0 Å². The van der Waals surface area contributed by atoms with Gasteiger partial charge in [-0.05, 0) is 25.5 Å². The molecule has 0 spiro atoms. The third-order valence-corrected chi connectivity index (χ3v) is 4.51. The van der Waals surface area contributed by atoms with E-state index < -0.39 is 0 Å². The highest BCUT2D eigenvalue weighted by atomic mass is 16.2. The van der Waals surface area contributed by atoms with E-state index in [1.807, 2.05) is 44.2 Å². The first-order valence-electron chi connectivity index (χ1n) is 8.04. The molecule has 3 heterocycles. The van der Waals surface area contributed by atoms with Crippen LogP contribution in [0.15, 0.2) is 41.3 Å². The Morgan fingerprint density at radius 1 is 1.21 bits per heavy atom. The van der Waals surface area contributed by atoms with Gasteiger partial charge in [-0.1, -0.05) is 24.3 Å². The van der Waals surface area contributed by atoms with E-state index in [-0.39, 0.29) is 29.8 Å². The number of rotatable bonds is 2. The Balaban J connectivity index is 1.98. The first-order chi connectivity index (χ1) is 11.6. The van der Waals surface area contributed by atoms with Crippen molar-refractivity contribution < 1.29 is 4.79 Å². The number of nitrogens with one attached hydrogen (secondary N) is 2. The highest BCUT2D eigenvalue weighted by molar-refractivity contribution is 5.95. The summed E-state index contributed by atoms with van der Waals surface area (Å²) < 4.78 is 1.72. The summed E-state index contributed by atoms with van der Waals surface area (Å²) in [7, 11) is 0. The topological polar surface area (TPSA) is 79.8 Å². The van der Waals surface area contributed by atoms with E-state index in [1.165, 1.54) is 0 Å². The first kappa shape index (κ1) is 14.7. The molecule has 1 atom stereocenters. The molecule has 1 aromatic carbocycles. The summed E-state index contributed by atoms with van der Waals surface area (Å²) in [5.41, 5.74) is 2.21. The predicted molar refractivity (Wildman–Crippen MR) is 92.3 cm³/mol. The average Bonchev–Trinajstić information content (AvgIpc) is 2.90. The number of hydrogen-bond acceptors (Lipinski definition) is 3. The minimum absolute atomic E-state index is 0.0474. The van der Waals surface area contributed by atoms with Crippen LogP contribution in [-0.2, 0) is 4.79 Å². The zero-order valence-corrected chi connectivity index (χ0v) is 13.5. The summed E-state index contributed by atoms with van der Waals surface area (Å²) in [6.45, 7) is 3.93. The average molecular weight is 322 g/mol. The van der Waals surface area contributed by atoms with E-state index in [0.717, 1.165) is 16.5 Å². The summed E-state index contributed by atoms with van der Waals surface area (Å²) >= 11 is 0. The molecule has 1 aliphatic rings. The van der Waals surface area contributed by atoms with Crippen molar-refractivity contribution in [2.45, 2.75) is 32.2 Å². The van der Waals surface area contributed by atoms with E-state index >= 15 is 0 Å². The number of H-pyrrole nitrogens is 1. The maximum Gasteiger partial charge on any atom is 0.270 e. The van der Waals surface area contributed by atoms with Crippen molar-refractivity contribution >= 4 is 22.6 Å². The highest BCUT2D eigenvalue weighted by Gasteiger charge is 2.33. The van der Waals surface area contributed by atoms with Gasteiger partial charge in [-0.3, -0.25) is 24.4 Å². The Morgan fingerprint density at radius 2 is 2.00 bits per heavy atom. The van der Waals surface area contributed by atoms with Crippen molar-refractivity contribution in [3.8, 4) is 0 Å². The van der Waals surface area contributed by atoms with Gasteiger partial charge in [0.05, 0.1) is 11.1 Å². The molecule has 0 aliphatic carbocycles. The van der Waals surface area contributed by atoms with Crippen LogP contribution in [0.1, 0.15) is 43.4 Å². The summed E-state index contributed by atoms with van der Waals surface area (Å²) in [5, 5.41) is 6.70. The van der Waals surface area contributed by atoms with Crippen LogP contribution in [0.5, 0.6) is 0 Å². The molecule has 3 aromatic rings. The maximum atomic E-state index is 12.6. The normalized spacial score (nSPS) is 17.1. The summed E-state index contributed by atoms with van der Waals surface area (Å²) in [6, 6.07) is 9.80. The second-order valence-corrected chi connectivity index (χ2v) is 6.39. The molecule has 2 N–H and O–H groups in total. The number of carbonyl (C=O) groups excluding carboxylic acids is 1.